The predicted molar refractivity (Wildman–Crippen MR) is 66.1 cm³/mol. The minimum atomic E-state index is 0.0846. The Hall–Kier alpha value is -0.870. The zero-order valence-electron chi connectivity index (χ0n) is 9.46. The fourth-order valence-corrected chi connectivity index (χ4v) is 1.75. The summed E-state index contributed by atoms with van der Waals surface area (Å²) in [6.07, 6.45) is 1.21. The lowest BCUT2D eigenvalue weighted by molar-refractivity contribution is 0.0960. The van der Waals surface area contributed by atoms with Crippen LogP contribution in [0.3, 0.4) is 0 Å². The lowest BCUT2D eigenvalue weighted by Gasteiger charge is -2.07. The number of rotatable bonds is 6. The SMILES string of the molecule is COCCCC(=O)c1ccc(Br)cc1OC. The van der Waals surface area contributed by atoms with E-state index in [1.165, 1.54) is 0 Å². The van der Waals surface area contributed by atoms with E-state index in [0.717, 1.165) is 10.9 Å². The van der Waals surface area contributed by atoms with Crippen LogP contribution in [0.15, 0.2) is 22.7 Å². The van der Waals surface area contributed by atoms with Crippen LogP contribution in [0.5, 0.6) is 5.75 Å². The molecule has 16 heavy (non-hydrogen) atoms. The summed E-state index contributed by atoms with van der Waals surface area (Å²) in [5.74, 6) is 0.693. The topological polar surface area (TPSA) is 35.5 Å². The van der Waals surface area contributed by atoms with E-state index >= 15 is 0 Å². The highest BCUT2D eigenvalue weighted by Crippen LogP contribution is 2.24. The van der Waals surface area contributed by atoms with Crippen molar-refractivity contribution in [1.29, 1.82) is 0 Å². The first-order valence-electron chi connectivity index (χ1n) is 5.04. The predicted octanol–water partition coefficient (Wildman–Crippen LogP) is 3.07. The summed E-state index contributed by atoms with van der Waals surface area (Å²) < 4.78 is 11.0. The summed E-state index contributed by atoms with van der Waals surface area (Å²) in [4.78, 5) is 11.9. The summed E-state index contributed by atoms with van der Waals surface area (Å²) >= 11 is 3.34. The zero-order valence-corrected chi connectivity index (χ0v) is 11.0. The van der Waals surface area contributed by atoms with Crippen LogP contribution in [-0.2, 0) is 4.74 Å². The second-order valence-corrected chi connectivity index (χ2v) is 4.28. The molecule has 4 heteroatoms. The van der Waals surface area contributed by atoms with Gasteiger partial charge < -0.3 is 9.47 Å². The van der Waals surface area contributed by atoms with E-state index < -0.39 is 0 Å². The van der Waals surface area contributed by atoms with Gasteiger partial charge in [-0.3, -0.25) is 4.79 Å². The van der Waals surface area contributed by atoms with Crippen LogP contribution in [0.25, 0.3) is 0 Å². The molecule has 0 amide bonds. The van der Waals surface area contributed by atoms with Gasteiger partial charge in [0, 0.05) is 24.6 Å². The molecule has 0 fully saturated rings. The van der Waals surface area contributed by atoms with Gasteiger partial charge in [-0.2, -0.15) is 0 Å². The Balaban J connectivity index is 2.74. The van der Waals surface area contributed by atoms with E-state index in [-0.39, 0.29) is 5.78 Å². The van der Waals surface area contributed by atoms with Crippen molar-refractivity contribution in [2.75, 3.05) is 20.8 Å². The molecule has 0 unspecified atom stereocenters. The molecule has 0 aliphatic heterocycles. The van der Waals surface area contributed by atoms with Crippen molar-refractivity contribution in [1.82, 2.24) is 0 Å². The van der Waals surface area contributed by atoms with Crippen LogP contribution in [-0.4, -0.2) is 26.6 Å². The van der Waals surface area contributed by atoms with Crippen molar-refractivity contribution < 1.29 is 14.3 Å². The molecule has 0 spiro atoms. The Kier molecular flexibility index (Phi) is 5.49. The normalized spacial score (nSPS) is 10.2. The summed E-state index contributed by atoms with van der Waals surface area (Å²) in [6, 6.07) is 5.41. The Bertz CT molecular complexity index is 363. The van der Waals surface area contributed by atoms with Gasteiger partial charge in [0.2, 0.25) is 0 Å². The van der Waals surface area contributed by atoms with Gasteiger partial charge in [0.25, 0.3) is 0 Å². The van der Waals surface area contributed by atoms with E-state index in [1.807, 2.05) is 6.07 Å². The third-order valence-electron chi connectivity index (χ3n) is 2.22. The third kappa shape index (κ3) is 3.61. The van der Waals surface area contributed by atoms with Gasteiger partial charge in [-0.05, 0) is 24.6 Å². The zero-order chi connectivity index (χ0) is 12.0. The number of hydrogen-bond donors (Lipinski definition) is 0. The van der Waals surface area contributed by atoms with Crippen LogP contribution in [0.2, 0.25) is 0 Å². The van der Waals surface area contributed by atoms with Gasteiger partial charge >= 0.3 is 0 Å². The highest BCUT2D eigenvalue weighted by molar-refractivity contribution is 9.10. The number of halogens is 1. The summed E-state index contributed by atoms with van der Waals surface area (Å²) in [5, 5.41) is 0. The monoisotopic (exact) mass is 286 g/mol. The molecular weight excluding hydrogens is 272 g/mol. The second-order valence-electron chi connectivity index (χ2n) is 3.36. The molecule has 0 atom stereocenters. The first kappa shape index (κ1) is 13.2. The van der Waals surface area contributed by atoms with Crippen molar-refractivity contribution >= 4 is 21.7 Å². The molecule has 1 aromatic rings. The van der Waals surface area contributed by atoms with Gasteiger partial charge in [-0.25, -0.2) is 0 Å². The first-order valence-corrected chi connectivity index (χ1v) is 5.84. The summed E-state index contributed by atoms with van der Waals surface area (Å²) in [5.41, 5.74) is 0.627. The van der Waals surface area contributed by atoms with Gasteiger partial charge in [-0.1, -0.05) is 15.9 Å². The van der Waals surface area contributed by atoms with E-state index in [1.54, 1.807) is 26.4 Å². The molecule has 0 radical (unpaired) electrons. The molecular formula is C12H15BrO3. The Morgan fingerprint density at radius 3 is 2.75 bits per heavy atom. The number of Topliss-reactive ketones (excluding diaryl/α,β-unsaturated/α-hetero) is 1. The minimum absolute atomic E-state index is 0.0846. The molecule has 0 aliphatic carbocycles. The number of carbonyl (C=O) groups is 1. The van der Waals surface area contributed by atoms with E-state index in [9.17, 15) is 4.79 Å². The largest absolute Gasteiger partial charge is 0.496 e. The molecule has 0 saturated heterocycles. The maximum absolute atomic E-state index is 11.9. The van der Waals surface area contributed by atoms with Crippen LogP contribution in [0.1, 0.15) is 23.2 Å². The molecule has 0 heterocycles. The maximum atomic E-state index is 11.9. The van der Waals surface area contributed by atoms with Crippen LogP contribution in [0.4, 0.5) is 0 Å². The number of ether oxygens (including phenoxy) is 2. The van der Waals surface area contributed by atoms with E-state index in [4.69, 9.17) is 9.47 Å². The minimum Gasteiger partial charge on any atom is -0.496 e. The molecule has 0 N–H and O–H groups in total. The molecule has 88 valence electrons. The third-order valence-corrected chi connectivity index (χ3v) is 2.71. The van der Waals surface area contributed by atoms with E-state index in [2.05, 4.69) is 15.9 Å². The number of benzene rings is 1. The summed E-state index contributed by atoms with van der Waals surface area (Å²) in [7, 11) is 3.19. The molecule has 0 saturated carbocycles. The number of methoxy groups -OCH3 is 2. The molecule has 1 rings (SSSR count). The van der Waals surface area contributed by atoms with Crippen molar-refractivity contribution in [2.45, 2.75) is 12.8 Å². The number of ketones is 1. The number of hydrogen-bond acceptors (Lipinski definition) is 3. The smallest absolute Gasteiger partial charge is 0.166 e. The van der Waals surface area contributed by atoms with Crippen LogP contribution < -0.4 is 4.74 Å². The average molecular weight is 287 g/mol. The first-order chi connectivity index (χ1) is 7.69. The van der Waals surface area contributed by atoms with Crippen molar-refractivity contribution in [3.63, 3.8) is 0 Å². The van der Waals surface area contributed by atoms with Crippen molar-refractivity contribution in [2.24, 2.45) is 0 Å². The molecule has 1 aromatic carbocycles. The van der Waals surface area contributed by atoms with Gasteiger partial charge in [0.15, 0.2) is 5.78 Å². The Labute approximate surface area is 104 Å². The lowest BCUT2D eigenvalue weighted by atomic mass is 10.1. The fraction of sp³-hybridized carbons (Fsp3) is 0.417. The highest BCUT2D eigenvalue weighted by Gasteiger charge is 2.11. The van der Waals surface area contributed by atoms with Gasteiger partial charge in [0.1, 0.15) is 5.75 Å². The average Bonchev–Trinajstić information content (AvgIpc) is 2.29. The molecule has 0 bridgehead atoms. The van der Waals surface area contributed by atoms with Crippen molar-refractivity contribution in [3.8, 4) is 5.75 Å². The Morgan fingerprint density at radius 1 is 1.38 bits per heavy atom. The highest BCUT2D eigenvalue weighted by atomic mass is 79.9. The maximum Gasteiger partial charge on any atom is 0.166 e. The quantitative estimate of drug-likeness (QED) is 0.596. The fourth-order valence-electron chi connectivity index (χ4n) is 1.41. The van der Waals surface area contributed by atoms with Crippen LogP contribution >= 0.6 is 15.9 Å². The second kappa shape index (κ2) is 6.66. The number of carbonyl (C=O) groups excluding carboxylic acids is 1. The van der Waals surface area contributed by atoms with E-state index in [0.29, 0.717) is 24.3 Å². The Morgan fingerprint density at radius 2 is 2.12 bits per heavy atom. The molecule has 3 nitrogen and oxygen atoms in total. The van der Waals surface area contributed by atoms with Crippen molar-refractivity contribution in [3.05, 3.63) is 28.2 Å². The van der Waals surface area contributed by atoms with Crippen LogP contribution in [0, 0.1) is 0 Å². The van der Waals surface area contributed by atoms with Gasteiger partial charge in [-0.15, -0.1) is 0 Å². The standard InChI is InChI=1S/C12H15BrO3/c1-15-7-3-4-11(14)10-6-5-9(13)8-12(10)16-2/h5-6,8H,3-4,7H2,1-2H3. The lowest BCUT2D eigenvalue weighted by Crippen LogP contribution is -2.03. The molecule has 0 aromatic heterocycles. The molecule has 0 aliphatic rings. The van der Waals surface area contributed by atoms with Gasteiger partial charge in [0.05, 0.1) is 12.7 Å². The summed E-state index contributed by atoms with van der Waals surface area (Å²) in [6.45, 7) is 0.602.